The molecule has 28 heavy (non-hydrogen) atoms. The Kier molecular flexibility index (Phi) is 6.91. The third-order valence-corrected chi connectivity index (χ3v) is 5.65. The minimum absolute atomic E-state index is 0.0128. The molecule has 1 saturated heterocycles. The second kappa shape index (κ2) is 9.39. The fourth-order valence-corrected chi connectivity index (χ4v) is 3.81. The number of nitrogens with zero attached hydrogens (tertiary/aromatic N) is 2. The number of amides is 1. The van der Waals surface area contributed by atoms with Gasteiger partial charge in [0.25, 0.3) is 5.91 Å². The van der Waals surface area contributed by atoms with Crippen LogP contribution in [0.15, 0.2) is 42.5 Å². The molecule has 3 rings (SSSR count). The van der Waals surface area contributed by atoms with Crippen LogP contribution in [0.3, 0.4) is 0 Å². The van der Waals surface area contributed by atoms with Crippen LogP contribution < -0.4 is 4.72 Å². The summed E-state index contributed by atoms with van der Waals surface area (Å²) in [6.07, 6.45) is 0. The number of piperazine rings is 1. The number of anilines is 1. The van der Waals surface area contributed by atoms with E-state index >= 15 is 0 Å². The number of hydrogen-bond acceptors (Lipinski definition) is 4. The van der Waals surface area contributed by atoms with E-state index in [0.29, 0.717) is 37.3 Å². The molecule has 1 unspecified atom stereocenters. The molecule has 0 bridgehead atoms. The predicted octanol–water partition coefficient (Wildman–Crippen LogP) is 4.56. The monoisotopic (exact) mass is 405 g/mol. The van der Waals surface area contributed by atoms with Gasteiger partial charge in [0, 0.05) is 55.3 Å². The van der Waals surface area contributed by atoms with Crippen LogP contribution in [0.5, 0.6) is 0 Å². The van der Waals surface area contributed by atoms with Crippen LogP contribution in [0, 0.1) is 11.6 Å². The summed E-state index contributed by atoms with van der Waals surface area (Å²) < 4.78 is 30.2. The van der Waals surface area contributed by atoms with Crippen molar-refractivity contribution in [2.75, 3.05) is 36.7 Å². The molecular formula is C21H25F2N3OS. The number of carbonyl (C=O) groups is 1. The van der Waals surface area contributed by atoms with Gasteiger partial charge in [-0.1, -0.05) is 18.9 Å². The first-order valence-corrected chi connectivity index (χ1v) is 10.4. The van der Waals surface area contributed by atoms with Gasteiger partial charge in [0.2, 0.25) is 0 Å². The van der Waals surface area contributed by atoms with Gasteiger partial charge in [-0.25, -0.2) is 8.78 Å². The van der Waals surface area contributed by atoms with Gasteiger partial charge in [-0.3, -0.25) is 9.69 Å². The first-order valence-electron chi connectivity index (χ1n) is 9.45. The highest BCUT2D eigenvalue weighted by molar-refractivity contribution is 8.00. The number of hydrogen-bond donors (Lipinski definition) is 1. The molecule has 2 aromatic rings. The molecule has 4 nitrogen and oxygen atoms in total. The van der Waals surface area contributed by atoms with E-state index < -0.39 is 11.6 Å². The van der Waals surface area contributed by atoms with E-state index in [1.165, 1.54) is 12.1 Å². The van der Waals surface area contributed by atoms with Crippen LogP contribution in [-0.2, 0) is 0 Å². The van der Waals surface area contributed by atoms with E-state index in [0.717, 1.165) is 17.5 Å². The molecule has 1 atom stereocenters. The van der Waals surface area contributed by atoms with Gasteiger partial charge in [0.15, 0.2) is 0 Å². The van der Waals surface area contributed by atoms with Crippen molar-refractivity contribution in [3.8, 4) is 0 Å². The van der Waals surface area contributed by atoms with Gasteiger partial charge in [0.1, 0.15) is 11.6 Å². The van der Waals surface area contributed by atoms with Crippen LogP contribution in [0.4, 0.5) is 14.5 Å². The zero-order valence-corrected chi connectivity index (χ0v) is 16.9. The van der Waals surface area contributed by atoms with Crippen molar-refractivity contribution in [2.24, 2.45) is 0 Å². The Bertz CT molecular complexity index is 788. The van der Waals surface area contributed by atoms with Crippen LogP contribution in [0.1, 0.15) is 35.8 Å². The number of nitrogens with one attached hydrogen (secondary N) is 1. The molecule has 0 radical (unpaired) electrons. The summed E-state index contributed by atoms with van der Waals surface area (Å²) in [6, 6.07) is 11.0. The number of benzene rings is 2. The van der Waals surface area contributed by atoms with Gasteiger partial charge < -0.3 is 9.62 Å². The number of rotatable bonds is 6. The van der Waals surface area contributed by atoms with Crippen LogP contribution in [-0.4, -0.2) is 47.6 Å². The minimum atomic E-state index is -0.564. The average Bonchev–Trinajstić information content (AvgIpc) is 2.71. The van der Waals surface area contributed by atoms with E-state index in [1.54, 1.807) is 11.9 Å². The quantitative estimate of drug-likeness (QED) is 0.715. The van der Waals surface area contributed by atoms with E-state index in [4.69, 9.17) is 0 Å². The molecule has 150 valence electrons. The second-order valence-corrected chi connectivity index (χ2v) is 7.89. The summed E-state index contributed by atoms with van der Waals surface area (Å²) >= 11 is 1.61. The van der Waals surface area contributed by atoms with Crippen LogP contribution >= 0.6 is 11.9 Å². The van der Waals surface area contributed by atoms with Crippen LogP contribution in [0.2, 0.25) is 0 Å². The molecule has 0 spiro atoms. The van der Waals surface area contributed by atoms with E-state index in [-0.39, 0.29) is 11.9 Å². The highest BCUT2D eigenvalue weighted by atomic mass is 32.2. The average molecular weight is 406 g/mol. The molecule has 1 aliphatic heterocycles. The Morgan fingerprint density at radius 2 is 1.68 bits per heavy atom. The van der Waals surface area contributed by atoms with E-state index in [2.05, 4.69) is 16.5 Å². The van der Waals surface area contributed by atoms with Gasteiger partial charge >= 0.3 is 0 Å². The molecule has 1 N–H and O–H groups in total. The summed E-state index contributed by atoms with van der Waals surface area (Å²) in [5.41, 5.74) is 2.26. The first-order chi connectivity index (χ1) is 13.5. The van der Waals surface area contributed by atoms with Crippen molar-refractivity contribution < 1.29 is 13.6 Å². The maximum Gasteiger partial charge on any atom is 0.253 e. The highest BCUT2D eigenvalue weighted by Gasteiger charge is 2.25. The fraction of sp³-hybridized carbons (Fsp3) is 0.381. The molecule has 0 saturated carbocycles. The molecule has 7 heteroatoms. The van der Waals surface area contributed by atoms with E-state index in [1.807, 2.05) is 36.1 Å². The number of halogens is 2. The molecular weight excluding hydrogens is 380 g/mol. The van der Waals surface area contributed by atoms with Crippen LogP contribution in [0.25, 0.3) is 0 Å². The maximum absolute atomic E-state index is 13.5. The van der Waals surface area contributed by atoms with Crippen molar-refractivity contribution in [3.05, 3.63) is 65.2 Å². The Morgan fingerprint density at radius 1 is 1.07 bits per heavy atom. The molecule has 0 aliphatic carbocycles. The van der Waals surface area contributed by atoms with Gasteiger partial charge in [-0.05, 0) is 48.9 Å². The Labute approximate surface area is 169 Å². The van der Waals surface area contributed by atoms with Crippen molar-refractivity contribution >= 4 is 23.5 Å². The topological polar surface area (TPSA) is 35.6 Å². The molecule has 1 amide bonds. The van der Waals surface area contributed by atoms with Crippen molar-refractivity contribution in [3.63, 3.8) is 0 Å². The molecule has 1 aliphatic rings. The standard InChI is InChI=1S/C21H25F2N3OS/c1-3-28-24-20-6-4-16(5-7-20)21(27)26-10-8-25(9-11-26)15(2)17-12-18(22)14-19(23)13-17/h4-7,12-15,24H,3,8-11H2,1-2H3. The Morgan fingerprint density at radius 3 is 2.25 bits per heavy atom. The highest BCUT2D eigenvalue weighted by Crippen LogP contribution is 2.24. The predicted molar refractivity (Wildman–Crippen MR) is 110 cm³/mol. The fourth-order valence-electron chi connectivity index (χ4n) is 3.36. The normalized spacial score (nSPS) is 16.1. The minimum Gasteiger partial charge on any atom is -0.336 e. The van der Waals surface area contributed by atoms with Gasteiger partial charge in [0.05, 0.1) is 0 Å². The zero-order chi connectivity index (χ0) is 20.1. The molecule has 0 aromatic heterocycles. The summed E-state index contributed by atoms with van der Waals surface area (Å²) in [5.74, 6) is -0.151. The first kappa shape index (κ1) is 20.6. The smallest absolute Gasteiger partial charge is 0.253 e. The third kappa shape index (κ3) is 5.02. The lowest BCUT2D eigenvalue weighted by Gasteiger charge is -2.38. The lowest BCUT2D eigenvalue weighted by Crippen LogP contribution is -2.49. The van der Waals surface area contributed by atoms with Crippen molar-refractivity contribution in [1.29, 1.82) is 0 Å². The SMILES string of the molecule is CCSNc1ccc(C(=O)N2CCN(C(C)c3cc(F)cc(F)c3)CC2)cc1. The van der Waals surface area contributed by atoms with Crippen molar-refractivity contribution in [2.45, 2.75) is 19.9 Å². The summed E-state index contributed by atoms with van der Waals surface area (Å²) in [4.78, 5) is 16.7. The third-order valence-electron chi connectivity index (χ3n) is 4.98. The second-order valence-electron chi connectivity index (χ2n) is 6.82. The summed E-state index contributed by atoms with van der Waals surface area (Å²) in [7, 11) is 0. The molecule has 1 heterocycles. The Hall–Kier alpha value is -2.12. The molecule has 1 fully saturated rings. The van der Waals surface area contributed by atoms with Crippen molar-refractivity contribution in [1.82, 2.24) is 9.80 Å². The Balaban J connectivity index is 1.57. The lowest BCUT2D eigenvalue weighted by atomic mass is 10.1. The largest absolute Gasteiger partial charge is 0.336 e. The summed E-state index contributed by atoms with van der Waals surface area (Å²) in [6.45, 7) is 6.52. The summed E-state index contributed by atoms with van der Waals surface area (Å²) in [5, 5.41) is 0. The molecule has 2 aromatic carbocycles. The maximum atomic E-state index is 13.5. The zero-order valence-electron chi connectivity index (χ0n) is 16.1. The van der Waals surface area contributed by atoms with Gasteiger partial charge in [-0.15, -0.1) is 0 Å². The van der Waals surface area contributed by atoms with Gasteiger partial charge in [-0.2, -0.15) is 0 Å². The lowest BCUT2D eigenvalue weighted by molar-refractivity contribution is 0.0582. The number of carbonyl (C=O) groups excluding carboxylic acids is 1. The van der Waals surface area contributed by atoms with E-state index in [9.17, 15) is 13.6 Å².